The minimum Gasteiger partial charge on any atom is -0.478 e. The zero-order valence-electron chi connectivity index (χ0n) is 10.1. The normalized spacial score (nSPS) is 10.8. The van der Waals surface area contributed by atoms with Crippen LogP contribution in [0.5, 0.6) is 5.88 Å². The van der Waals surface area contributed by atoms with E-state index in [1.54, 1.807) is 0 Å². The molecule has 1 aromatic carbocycles. The Kier molecular flexibility index (Phi) is 2.86. The van der Waals surface area contributed by atoms with Crippen molar-refractivity contribution in [3.05, 3.63) is 29.8 Å². The maximum Gasteiger partial charge on any atom is 0.259 e. The van der Waals surface area contributed by atoms with Crippen molar-refractivity contribution in [2.75, 3.05) is 12.4 Å². The van der Waals surface area contributed by atoms with E-state index < -0.39 is 11.6 Å². The monoisotopic (exact) mass is 279 g/mol. The fraction of sp³-hybridized carbons (Fsp3) is 0.0909. The maximum atomic E-state index is 13.1. The number of methoxy groups -OCH3 is 1. The van der Waals surface area contributed by atoms with Gasteiger partial charge in [0.25, 0.3) is 5.88 Å². The van der Waals surface area contributed by atoms with Crippen molar-refractivity contribution in [1.29, 1.82) is 0 Å². The van der Waals surface area contributed by atoms with Crippen molar-refractivity contribution < 1.29 is 18.1 Å². The summed E-state index contributed by atoms with van der Waals surface area (Å²) in [4.78, 5) is 8.04. The molecule has 7 nitrogen and oxygen atoms in total. The highest BCUT2D eigenvalue weighted by Crippen LogP contribution is 2.25. The molecule has 0 amide bonds. The first-order valence-corrected chi connectivity index (χ1v) is 5.43. The van der Waals surface area contributed by atoms with Crippen molar-refractivity contribution in [1.82, 2.24) is 20.3 Å². The third-order valence-corrected chi connectivity index (χ3v) is 2.40. The minimum atomic E-state index is -0.719. The first-order chi connectivity index (χ1) is 9.65. The van der Waals surface area contributed by atoms with Gasteiger partial charge in [0.1, 0.15) is 11.6 Å². The first-order valence-electron chi connectivity index (χ1n) is 5.43. The topological polar surface area (TPSA) is 86.0 Å². The molecule has 0 atom stereocenters. The Morgan fingerprint density at radius 1 is 1.05 bits per heavy atom. The van der Waals surface area contributed by atoms with Gasteiger partial charge in [-0.1, -0.05) is 0 Å². The molecule has 20 heavy (non-hydrogen) atoms. The Balaban J connectivity index is 2.04. The summed E-state index contributed by atoms with van der Waals surface area (Å²) in [7, 11) is 1.38. The number of ether oxygens (including phenoxy) is 1. The fourth-order valence-corrected chi connectivity index (χ4v) is 1.61. The average molecular weight is 279 g/mol. The van der Waals surface area contributed by atoms with Crippen LogP contribution < -0.4 is 10.1 Å². The molecule has 0 aliphatic carbocycles. The van der Waals surface area contributed by atoms with Gasteiger partial charge >= 0.3 is 0 Å². The molecule has 0 radical (unpaired) electrons. The molecule has 0 aliphatic rings. The molecule has 2 heterocycles. The van der Waals surface area contributed by atoms with Crippen molar-refractivity contribution in [3.63, 3.8) is 0 Å². The number of rotatable bonds is 3. The molecule has 3 aromatic rings. The summed E-state index contributed by atoms with van der Waals surface area (Å²) in [5, 5.41) is 9.74. The highest BCUT2D eigenvalue weighted by molar-refractivity contribution is 5.71. The zero-order chi connectivity index (χ0) is 14.1. The highest BCUT2D eigenvalue weighted by atomic mass is 19.1. The fourth-order valence-electron chi connectivity index (χ4n) is 1.61. The number of nitrogens with one attached hydrogen (secondary N) is 1. The van der Waals surface area contributed by atoms with Crippen LogP contribution in [0, 0.1) is 11.6 Å². The van der Waals surface area contributed by atoms with E-state index >= 15 is 0 Å². The largest absolute Gasteiger partial charge is 0.478 e. The van der Waals surface area contributed by atoms with E-state index in [1.165, 1.54) is 7.11 Å². The van der Waals surface area contributed by atoms with Gasteiger partial charge in [-0.05, 0) is 22.4 Å². The van der Waals surface area contributed by atoms with Crippen LogP contribution in [0.3, 0.4) is 0 Å². The highest BCUT2D eigenvalue weighted by Gasteiger charge is 2.14. The second-order valence-corrected chi connectivity index (χ2v) is 3.78. The second kappa shape index (κ2) is 4.68. The van der Waals surface area contributed by atoms with E-state index in [4.69, 9.17) is 4.74 Å². The van der Waals surface area contributed by atoms with Crippen LogP contribution in [0.15, 0.2) is 22.8 Å². The number of fused-ring (bicyclic) bond motifs is 1. The number of anilines is 2. The molecule has 0 aliphatic heterocycles. The number of hydrogen-bond donors (Lipinski definition) is 1. The van der Waals surface area contributed by atoms with E-state index in [0.29, 0.717) is 0 Å². The second-order valence-electron chi connectivity index (χ2n) is 3.78. The SMILES string of the molecule is COc1nc2nonc2nc1Nc1cc(F)cc(F)c1. The Morgan fingerprint density at radius 2 is 1.70 bits per heavy atom. The Morgan fingerprint density at radius 3 is 2.35 bits per heavy atom. The lowest BCUT2D eigenvalue weighted by Gasteiger charge is -2.08. The van der Waals surface area contributed by atoms with Crippen LogP contribution in [0.1, 0.15) is 0 Å². The summed E-state index contributed by atoms with van der Waals surface area (Å²) >= 11 is 0. The Hall–Kier alpha value is -2.84. The van der Waals surface area contributed by atoms with Crippen LogP contribution in [0.4, 0.5) is 20.3 Å². The van der Waals surface area contributed by atoms with Gasteiger partial charge in [-0.3, -0.25) is 0 Å². The smallest absolute Gasteiger partial charge is 0.259 e. The molecule has 0 bridgehead atoms. The number of halogens is 2. The number of benzene rings is 1. The van der Waals surface area contributed by atoms with Gasteiger partial charge in [0, 0.05) is 11.8 Å². The number of hydrogen-bond acceptors (Lipinski definition) is 7. The van der Waals surface area contributed by atoms with E-state index in [2.05, 4.69) is 30.2 Å². The van der Waals surface area contributed by atoms with E-state index in [0.717, 1.165) is 18.2 Å². The van der Waals surface area contributed by atoms with Gasteiger partial charge in [0.15, 0.2) is 5.82 Å². The summed E-state index contributed by atoms with van der Waals surface area (Å²) in [5.41, 5.74) is 0.467. The molecule has 1 N–H and O–H groups in total. The van der Waals surface area contributed by atoms with Crippen LogP contribution in [0.25, 0.3) is 11.3 Å². The summed E-state index contributed by atoms with van der Waals surface area (Å²) < 4.78 is 35.8. The molecular weight excluding hydrogens is 272 g/mol. The van der Waals surface area contributed by atoms with Crippen LogP contribution >= 0.6 is 0 Å². The standard InChI is InChI=1S/C11H7F2N5O2/c1-19-11-10(15-8-9(16-11)18-20-17-8)14-7-3-5(12)2-6(13)4-7/h2-4H,1H3,(H,14,15,17). The van der Waals surface area contributed by atoms with Gasteiger partial charge in [0.2, 0.25) is 11.3 Å². The molecule has 0 unspecified atom stereocenters. The van der Waals surface area contributed by atoms with Gasteiger partial charge < -0.3 is 10.1 Å². The summed E-state index contributed by atoms with van der Waals surface area (Å²) in [6.07, 6.45) is 0. The lowest BCUT2D eigenvalue weighted by atomic mass is 10.3. The zero-order valence-corrected chi connectivity index (χ0v) is 10.1. The maximum absolute atomic E-state index is 13.1. The molecule has 9 heteroatoms. The van der Waals surface area contributed by atoms with E-state index in [-0.39, 0.29) is 28.7 Å². The van der Waals surface area contributed by atoms with Crippen LogP contribution in [-0.4, -0.2) is 27.4 Å². The predicted octanol–water partition coefficient (Wildman–Crippen LogP) is 2.04. The van der Waals surface area contributed by atoms with Crippen molar-refractivity contribution in [2.24, 2.45) is 0 Å². The molecule has 0 saturated carbocycles. The Bertz CT molecular complexity index is 756. The third kappa shape index (κ3) is 2.20. The summed E-state index contributed by atoms with van der Waals surface area (Å²) in [6, 6.07) is 2.98. The first kappa shape index (κ1) is 12.2. The predicted molar refractivity (Wildman–Crippen MR) is 63.6 cm³/mol. The van der Waals surface area contributed by atoms with Crippen LogP contribution in [-0.2, 0) is 0 Å². The van der Waals surface area contributed by atoms with Gasteiger partial charge in [-0.15, -0.1) is 0 Å². The summed E-state index contributed by atoms with van der Waals surface area (Å²) in [6.45, 7) is 0. The molecule has 0 fully saturated rings. The molecule has 0 saturated heterocycles. The van der Waals surface area contributed by atoms with Crippen molar-refractivity contribution in [3.8, 4) is 5.88 Å². The average Bonchev–Trinajstić information content (AvgIpc) is 2.83. The van der Waals surface area contributed by atoms with Gasteiger partial charge in [0.05, 0.1) is 7.11 Å². The lowest BCUT2D eigenvalue weighted by molar-refractivity contribution is 0.313. The molecular formula is C11H7F2N5O2. The number of aromatic nitrogens is 4. The van der Waals surface area contributed by atoms with E-state index in [1.807, 2.05) is 0 Å². The third-order valence-electron chi connectivity index (χ3n) is 2.40. The van der Waals surface area contributed by atoms with Crippen LogP contribution in [0.2, 0.25) is 0 Å². The Labute approximate surface area is 110 Å². The quantitative estimate of drug-likeness (QED) is 0.785. The van der Waals surface area contributed by atoms with Gasteiger partial charge in [-0.25, -0.2) is 13.4 Å². The van der Waals surface area contributed by atoms with E-state index in [9.17, 15) is 8.78 Å². The van der Waals surface area contributed by atoms with Crippen molar-refractivity contribution >= 4 is 22.8 Å². The number of nitrogens with zero attached hydrogens (tertiary/aromatic N) is 4. The lowest BCUT2D eigenvalue weighted by Crippen LogP contribution is -2.01. The molecule has 2 aromatic heterocycles. The van der Waals surface area contributed by atoms with Crippen molar-refractivity contribution in [2.45, 2.75) is 0 Å². The summed E-state index contributed by atoms with van der Waals surface area (Å²) in [5.74, 6) is -1.20. The van der Waals surface area contributed by atoms with Gasteiger partial charge in [-0.2, -0.15) is 9.97 Å². The molecule has 3 rings (SSSR count). The molecule has 102 valence electrons. The minimum absolute atomic E-state index is 0.0952. The molecule has 0 spiro atoms.